The van der Waals surface area contributed by atoms with Crippen LogP contribution in [0.1, 0.15) is 40.0 Å². The molecule has 0 aliphatic carbocycles. The number of nitrogens with one attached hydrogen (secondary N) is 1. The van der Waals surface area contributed by atoms with Gasteiger partial charge in [-0.3, -0.25) is 0 Å². The standard InChI is InChI=1S/C14H28N6S/c1-14(2,3)15-7-10-20-13(16-17-18-20)21-12-11-19-8-5-4-6-9-19/h15H,4-12H2,1-3H3. The summed E-state index contributed by atoms with van der Waals surface area (Å²) in [4.78, 5) is 2.55. The number of rotatable bonds is 7. The molecule has 0 atom stereocenters. The molecule has 0 amide bonds. The summed E-state index contributed by atoms with van der Waals surface area (Å²) < 4.78 is 1.90. The van der Waals surface area contributed by atoms with E-state index in [1.54, 1.807) is 11.8 Å². The monoisotopic (exact) mass is 312 g/mol. The Kier molecular flexibility index (Phi) is 6.44. The molecule has 0 saturated carbocycles. The first kappa shape index (κ1) is 16.7. The Morgan fingerprint density at radius 2 is 1.90 bits per heavy atom. The Hall–Kier alpha value is -0.660. The van der Waals surface area contributed by atoms with Crippen molar-refractivity contribution in [3.8, 4) is 0 Å². The van der Waals surface area contributed by atoms with Gasteiger partial charge in [0.05, 0.1) is 6.54 Å². The van der Waals surface area contributed by atoms with Crippen molar-refractivity contribution < 1.29 is 0 Å². The van der Waals surface area contributed by atoms with Gasteiger partial charge in [-0.1, -0.05) is 18.2 Å². The van der Waals surface area contributed by atoms with Gasteiger partial charge in [-0.2, -0.15) is 0 Å². The summed E-state index contributed by atoms with van der Waals surface area (Å²) >= 11 is 1.76. The molecule has 0 aromatic carbocycles. The molecule has 1 aliphatic rings. The zero-order valence-corrected chi connectivity index (χ0v) is 14.3. The minimum atomic E-state index is 0.135. The first-order chi connectivity index (χ1) is 10.0. The molecule has 21 heavy (non-hydrogen) atoms. The zero-order chi connectivity index (χ0) is 15.1. The highest BCUT2D eigenvalue weighted by Crippen LogP contribution is 2.15. The fourth-order valence-corrected chi connectivity index (χ4v) is 3.33. The van der Waals surface area contributed by atoms with Crippen LogP contribution in [0, 0.1) is 0 Å². The van der Waals surface area contributed by atoms with Crippen LogP contribution in [-0.2, 0) is 6.54 Å². The van der Waals surface area contributed by atoms with Crippen molar-refractivity contribution in [1.82, 2.24) is 30.4 Å². The van der Waals surface area contributed by atoms with Gasteiger partial charge in [-0.05, 0) is 57.1 Å². The van der Waals surface area contributed by atoms with Crippen molar-refractivity contribution in [2.75, 3.05) is 31.9 Å². The third-order valence-corrected chi connectivity index (χ3v) is 4.50. The number of likely N-dealkylation sites (tertiary alicyclic amines) is 1. The third kappa shape index (κ3) is 6.32. The van der Waals surface area contributed by atoms with Crippen molar-refractivity contribution >= 4 is 11.8 Å². The summed E-state index contributed by atoms with van der Waals surface area (Å²) in [5.74, 6) is 1.06. The molecule has 1 saturated heterocycles. The average molecular weight is 312 g/mol. The molecule has 6 nitrogen and oxygen atoms in total. The van der Waals surface area contributed by atoms with E-state index >= 15 is 0 Å². The summed E-state index contributed by atoms with van der Waals surface area (Å²) in [5.41, 5.74) is 0.135. The number of aromatic nitrogens is 4. The maximum atomic E-state index is 4.13. The number of hydrogen-bond acceptors (Lipinski definition) is 6. The van der Waals surface area contributed by atoms with Crippen LogP contribution in [0.2, 0.25) is 0 Å². The van der Waals surface area contributed by atoms with E-state index in [-0.39, 0.29) is 5.54 Å². The van der Waals surface area contributed by atoms with Gasteiger partial charge in [0.2, 0.25) is 5.16 Å². The average Bonchev–Trinajstić information content (AvgIpc) is 2.86. The molecule has 1 aliphatic heterocycles. The molecule has 1 aromatic heterocycles. The van der Waals surface area contributed by atoms with E-state index in [0.717, 1.165) is 30.5 Å². The Bertz CT molecular complexity index is 408. The van der Waals surface area contributed by atoms with E-state index in [1.165, 1.54) is 32.4 Å². The third-order valence-electron chi connectivity index (χ3n) is 3.57. The largest absolute Gasteiger partial charge is 0.310 e. The van der Waals surface area contributed by atoms with Gasteiger partial charge in [0.1, 0.15) is 0 Å². The lowest BCUT2D eigenvalue weighted by atomic mass is 10.1. The maximum absolute atomic E-state index is 4.13. The van der Waals surface area contributed by atoms with Gasteiger partial charge < -0.3 is 10.2 Å². The van der Waals surface area contributed by atoms with Crippen LogP contribution in [0.5, 0.6) is 0 Å². The van der Waals surface area contributed by atoms with E-state index in [0.29, 0.717) is 0 Å². The summed E-state index contributed by atoms with van der Waals surface area (Å²) in [6.45, 7) is 11.8. The Morgan fingerprint density at radius 1 is 1.14 bits per heavy atom. The second-order valence-electron chi connectivity index (χ2n) is 6.61. The molecule has 1 N–H and O–H groups in total. The lowest BCUT2D eigenvalue weighted by Gasteiger charge is -2.25. The van der Waals surface area contributed by atoms with Crippen LogP contribution in [0.3, 0.4) is 0 Å². The topological polar surface area (TPSA) is 58.9 Å². The quantitative estimate of drug-likeness (QED) is 0.773. The fraction of sp³-hybridized carbons (Fsp3) is 0.929. The fourth-order valence-electron chi connectivity index (χ4n) is 2.43. The van der Waals surface area contributed by atoms with E-state index in [2.05, 4.69) is 46.5 Å². The van der Waals surface area contributed by atoms with Crippen LogP contribution in [0.4, 0.5) is 0 Å². The maximum Gasteiger partial charge on any atom is 0.209 e. The normalized spacial score (nSPS) is 17.3. The number of nitrogens with zero attached hydrogens (tertiary/aromatic N) is 5. The molecule has 0 spiro atoms. The van der Waals surface area contributed by atoms with Crippen LogP contribution in [0.25, 0.3) is 0 Å². The Labute approximate surface area is 132 Å². The SMILES string of the molecule is CC(C)(C)NCCn1nnnc1SCCN1CCCCC1. The Morgan fingerprint density at radius 3 is 2.62 bits per heavy atom. The molecular formula is C14H28N6S. The van der Waals surface area contributed by atoms with Crippen molar-refractivity contribution in [2.45, 2.75) is 57.3 Å². The molecule has 2 rings (SSSR count). The molecule has 0 unspecified atom stereocenters. The van der Waals surface area contributed by atoms with E-state index in [4.69, 9.17) is 0 Å². The van der Waals surface area contributed by atoms with Gasteiger partial charge in [0.15, 0.2) is 0 Å². The van der Waals surface area contributed by atoms with E-state index in [9.17, 15) is 0 Å². The molecule has 2 heterocycles. The molecule has 0 radical (unpaired) electrons. The van der Waals surface area contributed by atoms with Gasteiger partial charge in [-0.15, -0.1) is 5.10 Å². The minimum Gasteiger partial charge on any atom is -0.310 e. The molecule has 1 aromatic rings. The van der Waals surface area contributed by atoms with Crippen molar-refractivity contribution in [3.05, 3.63) is 0 Å². The van der Waals surface area contributed by atoms with Crippen molar-refractivity contribution in [3.63, 3.8) is 0 Å². The van der Waals surface area contributed by atoms with Gasteiger partial charge in [-0.25, -0.2) is 4.68 Å². The summed E-state index contributed by atoms with van der Waals surface area (Å²) in [5, 5.41) is 16.4. The lowest BCUT2D eigenvalue weighted by molar-refractivity contribution is 0.242. The number of piperidine rings is 1. The van der Waals surface area contributed by atoms with Crippen LogP contribution < -0.4 is 5.32 Å². The minimum absolute atomic E-state index is 0.135. The molecule has 120 valence electrons. The van der Waals surface area contributed by atoms with Crippen LogP contribution >= 0.6 is 11.8 Å². The first-order valence-corrected chi connectivity index (χ1v) is 8.89. The van der Waals surface area contributed by atoms with E-state index < -0.39 is 0 Å². The van der Waals surface area contributed by atoms with Crippen molar-refractivity contribution in [2.24, 2.45) is 0 Å². The van der Waals surface area contributed by atoms with Crippen LogP contribution in [-0.4, -0.2) is 62.6 Å². The highest BCUT2D eigenvalue weighted by Gasteiger charge is 2.12. The second kappa shape index (κ2) is 8.10. The number of thioether (sulfide) groups is 1. The Balaban J connectivity index is 1.69. The molecule has 7 heteroatoms. The summed E-state index contributed by atoms with van der Waals surface area (Å²) in [6.07, 6.45) is 4.09. The summed E-state index contributed by atoms with van der Waals surface area (Å²) in [6, 6.07) is 0. The lowest BCUT2D eigenvalue weighted by Crippen LogP contribution is -2.38. The highest BCUT2D eigenvalue weighted by atomic mass is 32.2. The predicted octanol–water partition coefficient (Wildman–Crippen LogP) is 1.64. The molecule has 0 bridgehead atoms. The number of hydrogen-bond donors (Lipinski definition) is 1. The highest BCUT2D eigenvalue weighted by molar-refractivity contribution is 7.99. The molecular weight excluding hydrogens is 284 g/mol. The number of tetrazole rings is 1. The van der Waals surface area contributed by atoms with E-state index in [1.807, 2.05) is 4.68 Å². The zero-order valence-electron chi connectivity index (χ0n) is 13.5. The predicted molar refractivity (Wildman–Crippen MR) is 86.6 cm³/mol. The van der Waals surface area contributed by atoms with Gasteiger partial charge >= 0.3 is 0 Å². The van der Waals surface area contributed by atoms with Crippen LogP contribution in [0.15, 0.2) is 5.16 Å². The smallest absolute Gasteiger partial charge is 0.209 e. The summed E-state index contributed by atoms with van der Waals surface area (Å²) in [7, 11) is 0. The second-order valence-corrected chi connectivity index (χ2v) is 7.67. The molecule has 1 fully saturated rings. The van der Waals surface area contributed by atoms with Gasteiger partial charge in [0, 0.05) is 24.4 Å². The van der Waals surface area contributed by atoms with Crippen molar-refractivity contribution in [1.29, 1.82) is 0 Å². The van der Waals surface area contributed by atoms with Gasteiger partial charge in [0.25, 0.3) is 0 Å². The first-order valence-electron chi connectivity index (χ1n) is 7.91.